The van der Waals surface area contributed by atoms with Crippen molar-refractivity contribution in [1.82, 2.24) is 9.88 Å². The van der Waals surface area contributed by atoms with Crippen LogP contribution < -0.4 is 5.32 Å². The van der Waals surface area contributed by atoms with Crippen LogP contribution >= 0.6 is 23.2 Å². The minimum Gasteiger partial charge on any atom is -0.419 e. The van der Waals surface area contributed by atoms with Gasteiger partial charge in [0, 0.05) is 22.2 Å². The third-order valence-corrected chi connectivity index (χ3v) is 7.51. The molecule has 176 valence electrons. The highest BCUT2D eigenvalue weighted by Gasteiger charge is 2.29. The zero-order valence-electron chi connectivity index (χ0n) is 18.6. The first kappa shape index (κ1) is 24.3. The molecule has 0 saturated heterocycles. The average Bonchev–Trinajstić information content (AvgIpc) is 3.26. The van der Waals surface area contributed by atoms with Crippen molar-refractivity contribution in [3.8, 4) is 11.5 Å². The number of halogens is 2. The number of sulfone groups is 1. The molecule has 3 aromatic carbocycles. The summed E-state index contributed by atoms with van der Waals surface area (Å²) in [5.74, 6) is 0.260. The predicted molar refractivity (Wildman–Crippen MR) is 135 cm³/mol. The summed E-state index contributed by atoms with van der Waals surface area (Å²) >= 11 is 12.0. The van der Waals surface area contributed by atoms with Gasteiger partial charge in [0.2, 0.25) is 26.6 Å². The Morgan fingerprint density at radius 3 is 2.09 bits per heavy atom. The Hall–Kier alpha value is -2.84. The lowest BCUT2D eigenvalue weighted by Crippen LogP contribution is -2.27. The lowest BCUT2D eigenvalue weighted by Gasteiger charge is -2.25. The number of hydrogen-bond acceptors (Lipinski definition) is 6. The first-order valence-corrected chi connectivity index (χ1v) is 12.7. The highest BCUT2D eigenvalue weighted by molar-refractivity contribution is 7.91. The van der Waals surface area contributed by atoms with Crippen LogP contribution in [-0.4, -0.2) is 38.9 Å². The van der Waals surface area contributed by atoms with Crippen molar-refractivity contribution < 1.29 is 12.8 Å². The number of aromatic nitrogens is 1. The SMILES string of the molecule is CN(C)C(CNc1oc(-c2ccc(Cl)cc2)nc1S(=O)(=O)c1ccccc1)c1ccc(Cl)cc1. The summed E-state index contributed by atoms with van der Waals surface area (Å²) < 4.78 is 32.8. The van der Waals surface area contributed by atoms with Gasteiger partial charge < -0.3 is 14.6 Å². The van der Waals surface area contributed by atoms with Crippen molar-refractivity contribution in [3.63, 3.8) is 0 Å². The van der Waals surface area contributed by atoms with E-state index in [2.05, 4.69) is 10.3 Å². The fraction of sp³-hybridized carbons (Fsp3) is 0.160. The fourth-order valence-corrected chi connectivity index (χ4v) is 5.05. The molecule has 0 aliphatic heterocycles. The molecule has 0 spiro atoms. The van der Waals surface area contributed by atoms with Gasteiger partial charge in [-0.05, 0) is 68.2 Å². The maximum Gasteiger partial charge on any atom is 0.233 e. The van der Waals surface area contributed by atoms with E-state index in [1.54, 1.807) is 42.5 Å². The number of nitrogens with one attached hydrogen (secondary N) is 1. The first-order chi connectivity index (χ1) is 16.3. The van der Waals surface area contributed by atoms with Gasteiger partial charge in [0.05, 0.1) is 10.9 Å². The standard InChI is InChI=1S/C25H23Cl2N3O3S/c1-30(2)22(17-8-12-19(26)13-9-17)16-28-24-25(34(31,32)21-6-4-3-5-7-21)29-23(33-24)18-10-14-20(27)15-11-18/h3-15,22,28H,16H2,1-2H3. The molecule has 34 heavy (non-hydrogen) atoms. The van der Waals surface area contributed by atoms with E-state index >= 15 is 0 Å². The summed E-state index contributed by atoms with van der Waals surface area (Å²) in [6.07, 6.45) is 0. The quantitative estimate of drug-likeness (QED) is 0.301. The van der Waals surface area contributed by atoms with Crippen LogP contribution in [0.25, 0.3) is 11.5 Å². The minimum absolute atomic E-state index is 0.0753. The van der Waals surface area contributed by atoms with Gasteiger partial charge in [-0.25, -0.2) is 8.42 Å². The maximum absolute atomic E-state index is 13.4. The van der Waals surface area contributed by atoms with Gasteiger partial charge in [-0.3, -0.25) is 0 Å². The molecule has 0 fully saturated rings. The Morgan fingerprint density at radius 1 is 0.912 bits per heavy atom. The molecule has 1 N–H and O–H groups in total. The number of nitrogens with zero attached hydrogens (tertiary/aromatic N) is 2. The zero-order chi connectivity index (χ0) is 24.3. The molecule has 0 aliphatic rings. The Labute approximate surface area is 209 Å². The van der Waals surface area contributed by atoms with Gasteiger partial charge in [-0.2, -0.15) is 4.98 Å². The Balaban J connectivity index is 1.72. The summed E-state index contributed by atoms with van der Waals surface area (Å²) in [7, 11) is -0.0348. The van der Waals surface area contributed by atoms with Crippen LogP contribution in [0.3, 0.4) is 0 Å². The highest BCUT2D eigenvalue weighted by Crippen LogP contribution is 2.33. The van der Waals surface area contributed by atoms with Crippen LogP contribution in [0, 0.1) is 0 Å². The Bertz CT molecular complexity index is 1360. The molecule has 4 aromatic rings. The van der Waals surface area contributed by atoms with E-state index in [-0.39, 0.29) is 27.7 Å². The highest BCUT2D eigenvalue weighted by atomic mass is 35.5. The molecule has 0 amide bonds. The van der Waals surface area contributed by atoms with E-state index in [4.69, 9.17) is 27.6 Å². The van der Waals surface area contributed by atoms with Crippen LogP contribution in [0.5, 0.6) is 0 Å². The fourth-order valence-electron chi connectivity index (χ4n) is 3.50. The molecule has 9 heteroatoms. The molecule has 4 rings (SSSR count). The average molecular weight is 516 g/mol. The van der Waals surface area contributed by atoms with Crippen LogP contribution in [0.15, 0.2) is 93.2 Å². The summed E-state index contributed by atoms with van der Waals surface area (Å²) in [6, 6.07) is 22.5. The molecular weight excluding hydrogens is 493 g/mol. The molecule has 0 bridgehead atoms. The second-order valence-electron chi connectivity index (χ2n) is 7.89. The predicted octanol–water partition coefficient (Wildman–Crippen LogP) is 6.20. The van der Waals surface area contributed by atoms with Crippen LogP contribution in [0.4, 0.5) is 5.88 Å². The monoisotopic (exact) mass is 515 g/mol. The van der Waals surface area contributed by atoms with Gasteiger partial charge in [0.25, 0.3) is 0 Å². The maximum atomic E-state index is 13.4. The minimum atomic E-state index is -3.93. The second kappa shape index (κ2) is 10.2. The van der Waals surface area contributed by atoms with E-state index in [0.717, 1.165) is 5.56 Å². The van der Waals surface area contributed by atoms with Crippen LogP contribution in [0.2, 0.25) is 10.0 Å². The Kier molecular flexibility index (Phi) is 7.28. The largest absolute Gasteiger partial charge is 0.419 e. The topological polar surface area (TPSA) is 75.4 Å². The molecule has 1 aromatic heterocycles. The molecule has 0 saturated carbocycles. The van der Waals surface area contributed by atoms with E-state index in [9.17, 15) is 8.42 Å². The van der Waals surface area contributed by atoms with Crippen molar-refractivity contribution in [1.29, 1.82) is 0 Å². The van der Waals surface area contributed by atoms with E-state index < -0.39 is 9.84 Å². The van der Waals surface area contributed by atoms with Gasteiger partial charge in [-0.1, -0.05) is 53.5 Å². The number of rotatable bonds is 8. The lowest BCUT2D eigenvalue weighted by atomic mass is 10.1. The van der Waals surface area contributed by atoms with Crippen LogP contribution in [-0.2, 0) is 9.84 Å². The molecule has 1 unspecified atom stereocenters. The third-order valence-electron chi connectivity index (χ3n) is 5.33. The first-order valence-electron chi connectivity index (χ1n) is 10.5. The van der Waals surface area contributed by atoms with Gasteiger partial charge >= 0.3 is 0 Å². The van der Waals surface area contributed by atoms with E-state index in [1.165, 1.54) is 12.1 Å². The van der Waals surface area contributed by atoms with Crippen molar-refractivity contribution >= 4 is 38.9 Å². The van der Waals surface area contributed by atoms with Gasteiger partial charge in [-0.15, -0.1) is 0 Å². The van der Waals surface area contributed by atoms with Gasteiger partial charge in [0.15, 0.2) is 0 Å². The van der Waals surface area contributed by atoms with Crippen LogP contribution in [0.1, 0.15) is 11.6 Å². The Morgan fingerprint density at radius 2 is 1.50 bits per heavy atom. The zero-order valence-corrected chi connectivity index (χ0v) is 20.9. The summed E-state index contributed by atoms with van der Waals surface area (Å²) in [4.78, 5) is 6.53. The van der Waals surface area contributed by atoms with Gasteiger partial charge in [0.1, 0.15) is 0 Å². The molecular formula is C25H23Cl2N3O3S. The number of hydrogen-bond donors (Lipinski definition) is 1. The number of oxazole rings is 1. The second-order valence-corrected chi connectivity index (χ2v) is 10.6. The molecule has 1 heterocycles. The molecule has 6 nitrogen and oxygen atoms in total. The smallest absolute Gasteiger partial charge is 0.233 e. The number of likely N-dealkylation sites (N-methyl/N-ethyl adjacent to an activating group) is 1. The van der Waals surface area contributed by atoms with E-state index in [1.807, 2.05) is 43.3 Å². The number of benzene rings is 3. The lowest BCUT2D eigenvalue weighted by molar-refractivity contribution is 0.310. The van der Waals surface area contributed by atoms with Crippen molar-refractivity contribution in [3.05, 3.63) is 94.5 Å². The van der Waals surface area contributed by atoms with Crippen molar-refractivity contribution in [2.24, 2.45) is 0 Å². The number of anilines is 1. The van der Waals surface area contributed by atoms with Crippen molar-refractivity contribution in [2.75, 3.05) is 26.0 Å². The summed E-state index contributed by atoms with van der Waals surface area (Å²) in [5, 5.41) is 4.21. The molecule has 1 atom stereocenters. The third kappa shape index (κ3) is 5.28. The molecule has 0 aliphatic carbocycles. The van der Waals surface area contributed by atoms with Crippen molar-refractivity contribution in [2.45, 2.75) is 16.0 Å². The summed E-state index contributed by atoms with van der Waals surface area (Å²) in [5.41, 5.74) is 1.63. The van der Waals surface area contributed by atoms with E-state index in [0.29, 0.717) is 22.2 Å². The molecule has 0 radical (unpaired) electrons. The normalized spacial score (nSPS) is 12.6. The summed E-state index contributed by atoms with van der Waals surface area (Å²) in [6.45, 7) is 0.376.